The van der Waals surface area contributed by atoms with Crippen LogP contribution in [0.3, 0.4) is 0 Å². The van der Waals surface area contributed by atoms with Gasteiger partial charge in [0.2, 0.25) is 0 Å². The van der Waals surface area contributed by atoms with Crippen molar-refractivity contribution in [1.82, 2.24) is 0 Å². The fourth-order valence-corrected chi connectivity index (χ4v) is 7.55. The van der Waals surface area contributed by atoms with Crippen LogP contribution in [0.1, 0.15) is 67.7 Å². The third-order valence-corrected chi connectivity index (χ3v) is 8.94. The zero-order valence-electron chi connectivity index (χ0n) is 18.1. The third-order valence-electron chi connectivity index (χ3n) is 8.94. The Bertz CT molecular complexity index is 1060. The summed E-state index contributed by atoms with van der Waals surface area (Å²) in [5.41, 5.74) is 1.94. The number of nitriles is 1. The zero-order valence-corrected chi connectivity index (χ0v) is 18.1. The first kappa shape index (κ1) is 20.5. The molecule has 31 heavy (non-hydrogen) atoms. The van der Waals surface area contributed by atoms with Crippen LogP contribution in [0, 0.1) is 45.5 Å². The first-order chi connectivity index (χ1) is 14.8. The van der Waals surface area contributed by atoms with Crippen molar-refractivity contribution in [2.24, 2.45) is 23.2 Å². The quantitative estimate of drug-likeness (QED) is 0.578. The SMILES string of the molecule is C[C@H]1C[C@@]2(C)C(CC[C@@]2(O)Cc2cc[n+]([O-])cc2)C2CCc3c(ccc(C#N)c3F)C21. The van der Waals surface area contributed by atoms with Gasteiger partial charge in [0.1, 0.15) is 11.9 Å². The van der Waals surface area contributed by atoms with Crippen LogP contribution < -0.4 is 4.73 Å². The molecule has 2 aromatic rings. The summed E-state index contributed by atoms with van der Waals surface area (Å²) in [7, 11) is 0. The highest BCUT2D eigenvalue weighted by Crippen LogP contribution is 2.66. The molecule has 3 unspecified atom stereocenters. The smallest absolute Gasteiger partial charge is 0.180 e. The van der Waals surface area contributed by atoms with E-state index in [9.17, 15) is 20.0 Å². The summed E-state index contributed by atoms with van der Waals surface area (Å²) in [5, 5.41) is 32.5. The predicted molar refractivity (Wildman–Crippen MR) is 114 cm³/mol. The second-order valence-electron chi connectivity index (χ2n) is 10.4. The fourth-order valence-electron chi connectivity index (χ4n) is 7.55. The Balaban J connectivity index is 1.49. The van der Waals surface area contributed by atoms with Crippen molar-refractivity contribution in [3.8, 4) is 6.07 Å². The molecule has 2 fully saturated rings. The number of nitrogens with zero attached hydrogens (tertiary/aromatic N) is 2. The Kier molecular flexibility index (Phi) is 4.64. The maximum absolute atomic E-state index is 14.9. The minimum Gasteiger partial charge on any atom is -0.619 e. The molecule has 1 N–H and O–H groups in total. The summed E-state index contributed by atoms with van der Waals surface area (Å²) in [5.74, 6) is 1.08. The number of rotatable bonds is 2. The Morgan fingerprint density at radius 3 is 2.71 bits per heavy atom. The van der Waals surface area contributed by atoms with E-state index >= 15 is 0 Å². The topological polar surface area (TPSA) is 71.0 Å². The van der Waals surface area contributed by atoms with Gasteiger partial charge in [-0.15, -0.1) is 0 Å². The lowest BCUT2D eigenvalue weighted by atomic mass is 9.50. The number of aromatic nitrogens is 1. The van der Waals surface area contributed by atoms with Crippen LogP contribution >= 0.6 is 0 Å². The number of aliphatic hydroxyl groups is 1. The first-order valence-electron chi connectivity index (χ1n) is 11.4. The molecule has 1 heterocycles. The molecule has 0 radical (unpaired) electrons. The molecule has 162 valence electrons. The zero-order chi connectivity index (χ0) is 22.0. The second-order valence-corrected chi connectivity index (χ2v) is 10.4. The largest absolute Gasteiger partial charge is 0.619 e. The Morgan fingerprint density at radius 2 is 2.00 bits per heavy atom. The van der Waals surface area contributed by atoms with Crippen LogP contribution in [0.25, 0.3) is 0 Å². The summed E-state index contributed by atoms with van der Waals surface area (Å²) in [6, 6.07) is 9.22. The number of halogens is 1. The molecule has 5 heteroatoms. The average Bonchev–Trinajstić information content (AvgIpc) is 3.00. The Morgan fingerprint density at radius 1 is 1.26 bits per heavy atom. The van der Waals surface area contributed by atoms with Crippen LogP contribution in [0.4, 0.5) is 4.39 Å². The van der Waals surface area contributed by atoms with Crippen LogP contribution in [0.5, 0.6) is 0 Å². The molecule has 0 saturated heterocycles. The van der Waals surface area contributed by atoms with E-state index < -0.39 is 5.60 Å². The van der Waals surface area contributed by atoms with Crippen LogP contribution in [-0.2, 0) is 12.8 Å². The maximum Gasteiger partial charge on any atom is 0.180 e. The predicted octanol–water partition coefficient (Wildman–Crippen LogP) is 4.41. The molecule has 0 aliphatic heterocycles. The molecule has 1 aromatic heterocycles. The molecule has 3 aliphatic carbocycles. The molecule has 0 spiro atoms. The lowest BCUT2D eigenvalue weighted by Gasteiger charge is -2.56. The summed E-state index contributed by atoms with van der Waals surface area (Å²) >= 11 is 0. The minimum absolute atomic E-state index is 0.142. The van der Waals surface area contributed by atoms with Crippen LogP contribution in [0.2, 0.25) is 0 Å². The summed E-state index contributed by atoms with van der Waals surface area (Å²) in [6.07, 6.45) is 7.74. The van der Waals surface area contributed by atoms with Gasteiger partial charge in [0.05, 0.1) is 11.2 Å². The number of hydrogen-bond donors (Lipinski definition) is 1. The summed E-state index contributed by atoms with van der Waals surface area (Å²) in [6.45, 7) is 4.49. The van der Waals surface area contributed by atoms with E-state index in [-0.39, 0.29) is 22.7 Å². The van der Waals surface area contributed by atoms with Gasteiger partial charge in [0, 0.05) is 24.0 Å². The highest BCUT2D eigenvalue weighted by molar-refractivity contribution is 5.44. The van der Waals surface area contributed by atoms with Crippen LogP contribution in [-0.4, -0.2) is 10.7 Å². The lowest BCUT2D eigenvalue weighted by Crippen LogP contribution is -2.54. The summed E-state index contributed by atoms with van der Waals surface area (Å²) < 4.78 is 15.7. The third kappa shape index (κ3) is 2.91. The lowest BCUT2D eigenvalue weighted by molar-refractivity contribution is -0.605. The normalized spacial score (nSPS) is 36.2. The molecular weight excluding hydrogens is 391 g/mol. The van der Waals surface area contributed by atoms with E-state index in [4.69, 9.17) is 0 Å². The first-order valence-corrected chi connectivity index (χ1v) is 11.4. The van der Waals surface area contributed by atoms with Crippen LogP contribution in [0.15, 0.2) is 36.7 Å². The maximum atomic E-state index is 14.9. The van der Waals surface area contributed by atoms with Gasteiger partial charge in [-0.2, -0.15) is 9.99 Å². The van der Waals surface area contributed by atoms with E-state index in [1.54, 1.807) is 6.07 Å². The van der Waals surface area contributed by atoms with E-state index in [2.05, 4.69) is 13.8 Å². The molecular formula is C26H29FN2O2. The van der Waals surface area contributed by atoms with Crippen molar-refractivity contribution >= 4 is 0 Å². The molecule has 6 atom stereocenters. The molecule has 5 rings (SSSR count). The fraction of sp³-hybridized carbons (Fsp3) is 0.538. The van der Waals surface area contributed by atoms with Gasteiger partial charge < -0.3 is 10.3 Å². The molecule has 0 amide bonds. The van der Waals surface area contributed by atoms with Crippen molar-refractivity contribution in [2.75, 3.05) is 0 Å². The van der Waals surface area contributed by atoms with Crippen molar-refractivity contribution < 1.29 is 14.2 Å². The van der Waals surface area contributed by atoms with Crippen molar-refractivity contribution in [2.45, 2.75) is 63.9 Å². The monoisotopic (exact) mass is 420 g/mol. The Labute approximate surface area is 182 Å². The second kappa shape index (κ2) is 7.03. The van der Waals surface area contributed by atoms with Gasteiger partial charge in [-0.05, 0) is 78.5 Å². The van der Waals surface area contributed by atoms with Gasteiger partial charge >= 0.3 is 0 Å². The van der Waals surface area contributed by atoms with E-state index in [1.165, 1.54) is 12.4 Å². The molecule has 2 saturated carbocycles. The summed E-state index contributed by atoms with van der Waals surface area (Å²) in [4.78, 5) is 0. The Hall–Kier alpha value is -2.45. The number of fused-ring (bicyclic) bond motifs is 5. The van der Waals surface area contributed by atoms with Crippen molar-refractivity contribution in [3.05, 3.63) is 69.9 Å². The van der Waals surface area contributed by atoms with Gasteiger partial charge in [-0.1, -0.05) is 19.9 Å². The standard InChI is InChI=1S/C26H29FN2O2/c1-16-13-25(2)22(7-10-26(25,30)14-17-8-11-29(31)12-9-17)21-6-5-20-19(23(16)21)4-3-18(15-28)24(20)27/h3-4,8-9,11-12,16,21-23,30H,5-7,10,13-14H2,1-2H3/t16-,21?,22?,23?,25-,26+/m0/s1. The van der Waals surface area contributed by atoms with Gasteiger partial charge in [-0.25, -0.2) is 4.39 Å². The van der Waals surface area contributed by atoms with E-state index in [1.807, 2.05) is 24.3 Å². The minimum atomic E-state index is -0.803. The highest BCUT2D eigenvalue weighted by atomic mass is 19.1. The average molecular weight is 421 g/mol. The molecule has 0 bridgehead atoms. The molecule has 1 aromatic carbocycles. The van der Waals surface area contributed by atoms with E-state index in [0.29, 0.717) is 30.6 Å². The van der Waals surface area contributed by atoms with Gasteiger partial charge in [-0.3, -0.25) is 0 Å². The van der Waals surface area contributed by atoms with Gasteiger partial charge in [0.15, 0.2) is 12.4 Å². The number of benzene rings is 1. The molecule has 3 aliphatic rings. The van der Waals surface area contributed by atoms with Crippen molar-refractivity contribution in [3.63, 3.8) is 0 Å². The number of hydrogen-bond acceptors (Lipinski definition) is 3. The van der Waals surface area contributed by atoms with Crippen molar-refractivity contribution in [1.29, 1.82) is 5.26 Å². The highest BCUT2D eigenvalue weighted by Gasteiger charge is 2.62. The van der Waals surface area contributed by atoms with E-state index in [0.717, 1.165) is 47.1 Å². The van der Waals surface area contributed by atoms with Gasteiger partial charge in [0.25, 0.3) is 0 Å². The molecule has 4 nitrogen and oxygen atoms in total. The number of pyridine rings is 1.